The third-order valence-corrected chi connectivity index (χ3v) is 5.30. The molecule has 1 aliphatic heterocycles. The second-order valence-electron chi connectivity index (χ2n) is 5.19. The van der Waals surface area contributed by atoms with Crippen molar-refractivity contribution < 1.29 is 17.9 Å². The molecule has 3 rings (SSSR count). The van der Waals surface area contributed by atoms with E-state index in [0.717, 1.165) is 0 Å². The fraction of sp³-hybridized carbons (Fsp3) is 0.250. The largest absolute Gasteiger partial charge is 0.456 e. The summed E-state index contributed by atoms with van der Waals surface area (Å²) in [5.41, 5.74) is 0. The zero-order valence-electron chi connectivity index (χ0n) is 12.2. The van der Waals surface area contributed by atoms with Crippen LogP contribution in [0.25, 0.3) is 0 Å². The highest BCUT2D eigenvalue weighted by Gasteiger charge is 2.23. The number of hydrogen-bond donors (Lipinski definition) is 1. The Morgan fingerprint density at radius 2 is 1.87 bits per heavy atom. The molecular formula is C16H16ClNO4S. The summed E-state index contributed by atoms with van der Waals surface area (Å²) in [5, 5.41) is 0.493. The van der Waals surface area contributed by atoms with Crippen molar-refractivity contribution >= 4 is 21.6 Å². The lowest BCUT2D eigenvalue weighted by Crippen LogP contribution is -2.34. The average molecular weight is 354 g/mol. The summed E-state index contributed by atoms with van der Waals surface area (Å²) in [7, 11) is -3.55. The van der Waals surface area contributed by atoms with Crippen LogP contribution >= 0.6 is 11.6 Å². The van der Waals surface area contributed by atoms with Crippen LogP contribution in [0.3, 0.4) is 0 Å². The van der Waals surface area contributed by atoms with Gasteiger partial charge in [0.25, 0.3) is 0 Å². The lowest BCUT2D eigenvalue weighted by Gasteiger charge is -2.12. The van der Waals surface area contributed by atoms with E-state index in [-0.39, 0.29) is 10.9 Å². The molecule has 122 valence electrons. The summed E-state index contributed by atoms with van der Waals surface area (Å²) in [6.45, 7) is 0.991. The first-order valence-electron chi connectivity index (χ1n) is 7.17. The van der Waals surface area contributed by atoms with Gasteiger partial charge in [0.15, 0.2) is 0 Å². The van der Waals surface area contributed by atoms with Crippen molar-refractivity contribution in [3.63, 3.8) is 0 Å². The minimum Gasteiger partial charge on any atom is -0.456 e. The van der Waals surface area contributed by atoms with Crippen molar-refractivity contribution in [3.05, 3.63) is 53.6 Å². The van der Waals surface area contributed by atoms with E-state index >= 15 is 0 Å². The molecule has 1 saturated heterocycles. The number of halogens is 1. The molecular weight excluding hydrogens is 338 g/mol. The lowest BCUT2D eigenvalue weighted by atomic mass is 10.3. The number of hydrogen-bond acceptors (Lipinski definition) is 4. The normalized spacial score (nSPS) is 18.0. The number of benzene rings is 2. The number of nitrogens with one attached hydrogen (secondary N) is 1. The smallest absolute Gasteiger partial charge is 0.240 e. The predicted molar refractivity (Wildman–Crippen MR) is 87.5 cm³/mol. The molecule has 1 fully saturated rings. The van der Waals surface area contributed by atoms with Crippen LogP contribution in [-0.2, 0) is 14.8 Å². The Kier molecular flexibility index (Phi) is 4.87. The van der Waals surface area contributed by atoms with Crippen LogP contribution in [0, 0.1) is 0 Å². The van der Waals surface area contributed by atoms with E-state index in [2.05, 4.69) is 4.72 Å². The van der Waals surface area contributed by atoms with E-state index in [9.17, 15) is 8.42 Å². The van der Waals surface area contributed by atoms with E-state index < -0.39 is 10.0 Å². The summed E-state index contributed by atoms with van der Waals surface area (Å²) in [4.78, 5) is 0.191. The molecule has 1 atom stereocenters. The summed E-state index contributed by atoms with van der Waals surface area (Å²) < 4.78 is 38.0. The maximum absolute atomic E-state index is 12.3. The molecule has 1 N–H and O–H groups in total. The van der Waals surface area contributed by atoms with Gasteiger partial charge < -0.3 is 9.47 Å². The SMILES string of the molecule is O=S(=O)(NC1CCOC1)c1ccc(Oc2ccccc2Cl)cc1. The second-order valence-corrected chi connectivity index (χ2v) is 7.31. The Balaban J connectivity index is 1.72. The van der Waals surface area contributed by atoms with Crippen LogP contribution < -0.4 is 9.46 Å². The Labute approximate surface area is 140 Å². The zero-order chi connectivity index (χ0) is 16.3. The molecule has 2 aromatic rings. The summed E-state index contributed by atoms with van der Waals surface area (Å²) >= 11 is 6.03. The van der Waals surface area contributed by atoms with Crippen molar-refractivity contribution in [2.24, 2.45) is 0 Å². The van der Waals surface area contributed by atoms with Crippen LogP contribution in [0.2, 0.25) is 5.02 Å². The Hall–Kier alpha value is -1.60. The minimum atomic E-state index is -3.55. The van der Waals surface area contributed by atoms with Crippen LogP contribution in [0.15, 0.2) is 53.4 Å². The highest BCUT2D eigenvalue weighted by atomic mass is 35.5. The molecule has 0 radical (unpaired) electrons. The van der Waals surface area contributed by atoms with E-state index in [0.29, 0.717) is 36.2 Å². The second kappa shape index (κ2) is 6.88. The van der Waals surface area contributed by atoms with Crippen molar-refractivity contribution in [1.82, 2.24) is 4.72 Å². The van der Waals surface area contributed by atoms with Crippen molar-refractivity contribution in [1.29, 1.82) is 0 Å². The van der Waals surface area contributed by atoms with Gasteiger partial charge >= 0.3 is 0 Å². The average Bonchev–Trinajstić information content (AvgIpc) is 3.02. The van der Waals surface area contributed by atoms with Gasteiger partial charge in [-0.3, -0.25) is 0 Å². The number of ether oxygens (including phenoxy) is 2. The van der Waals surface area contributed by atoms with Crippen molar-refractivity contribution in [3.8, 4) is 11.5 Å². The van der Waals surface area contributed by atoms with Gasteiger partial charge in [-0.1, -0.05) is 23.7 Å². The Morgan fingerprint density at radius 1 is 1.13 bits per heavy atom. The molecule has 0 amide bonds. The Bertz CT molecular complexity index is 771. The molecule has 5 nitrogen and oxygen atoms in total. The highest BCUT2D eigenvalue weighted by Crippen LogP contribution is 2.29. The predicted octanol–water partition coefficient (Wildman–Crippen LogP) is 3.20. The molecule has 1 heterocycles. The molecule has 23 heavy (non-hydrogen) atoms. The molecule has 0 bridgehead atoms. The van der Waals surface area contributed by atoms with Gasteiger partial charge in [-0.15, -0.1) is 0 Å². The van der Waals surface area contributed by atoms with Gasteiger partial charge in [-0.05, 0) is 42.8 Å². The van der Waals surface area contributed by atoms with Crippen LogP contribution in [-0.4, -0.2) is 27.7 Å². The summed E-state index contributed by atoms with van der Waals surface area (Å²) in [6.07, 6.45) is 0.687. The standard InChI is InChI=1S/C16H16ClNO4S/c17-15-3-1-2-4-16(15)22-13-5-7-14(8-6-13)23(19,20)18-12-9-10-21-11-12/h1-8,12,18H,9-11H2. The van der Waals surface area contributed by atoms with E-state index in [1.165, 1.54) is 12.1 Å². The van der Waals surface area contributed by atoms with Crippen LogP contribution in [0.4, 0.5) is 0 Å². The minimum absolute atomic E-state index is 0.168. The van der Waals surface area contributed by atoms with Gasteiger partial charge in [0.05, 0.1) is 16.5 Å². The van der Waals surface area contributed by atoms with Gasteiger partial charge in [0.1, 0.15) is 11.5 Å². The summed E-state index contributed by atoms with van der Waals surface area (Å²) in [6, 6.07) is 13.1. The van der Waals surface area contributed by atoms with Gasteiger partial charge in [-0.2, -0.15) is 0 Å². The first kappa shape index (κ1) is 16.3. The third kappa shape index (κ3) is 4.03. The molecule has 0 aromatic heterocycles. The highest BCUT2D eigenvalue weighted by molar-refractivity contribution is 7.89. The fourth-order valence-electron chi connectivity index (χ4n) is 2.26. The van der Waals surface area contributed by atoms with E-state index in [1.54, 1.807) is 24.3 Å². The zero-order valence-corrected chi connectivity index (χ0v) is 13.8. The molecule has 2 aromatic carbocycles. The number of sulfonamides is 1. The summed E-state index contributed by atoms with van der Waals surface area (Å²) in [5.74, 6) is 1.03. The van der Waals surface area contributed by atoms with Crippen molar-refractivity contribution in [2.75, 3.05) is 13.2 Å². The number of para-hydroxylation sites is 1. The molecule has 1 unspecified atom stereocenters. The van der Waals surface area contributed by atoms with Crippen LogP contribution in [0.5, 0.6) is 11.5 Å². The maximum atomic E-state index is 12.3. The molecule has 0 spiro atoms. The maximum Gasteiger partial charge on any atom is 0.240 e. The molecule has 0 saturated carbocycles. The monoisotopic (exact) mass is 353 g/mol. The first-order chi connectivity index (χ1) is 11.0. The van der Waals surface area contributed by atoms with Gasteiger partial charge in [-0.25, -0.2) is 13.1 Å². The van der Waals surface area contributed by atoms with Gasteiger partial charge in [0.2, 0.25) is 10.0 Å². The quantitative estimate of drug-likeness (QED) is 0.896. The molecule has 1 aliphatic rings. The van der Waals surface area contributed by atoms with E-state index in [1.807, 2.05) is 12.1 Å². The molecule has 0 aliphatic carbocycles. The fourth-order valence-corrected chi connectivity index (χ4v) is 3.69. The Morgan fingerprint density at radius 3 is 2.52 bits per heavy atom. The lowest BCUT2D eigenvalue weighted by molar-refractivity contribution is 0.192. The van der Waals surface area contributed by atoms with Crippen molar-refractivity contribution in [2.45, 2.75) is 17.4 Å². The number of rotatable bonds is 5. The van der Waals surface area contributed by atoms with Crippen LogP contribution in [0.1, 0.15) is 6.42 Å². The van der Waals surface area contributed by atoms with Gasteiger partial charge in [0, 0.05) is 12.6 Å². The van der Waals surface area contributed by atoms with E-state index in [4.69, 9.17) is 21.1 Å². The topological polar surface area (TPSA) is 64.6 Å². The third-order valence-electron chi connectivity index (χ3n) is 3.45. The molecule has 7 heteroatoms. The first-order valence-corrected chi connectivity index (χ1v) is 9.03.